The Balaban J connectivity index is 1.28. The van der Waals surface area contributed by atoms with E-state index in [1.54, 1.807) is 12.5 Å². The lowest BCUT2D eigenvalue weighted by molar-refractivity contribution is 0.0951. The Hall–Kier alpha value is -3.97. The normalized spacial score (nSPS) is 10.8. The van der Waals surface area contributed by atoms with Crippen LogP contribution in [0.15, 0.2) is 91.5 Å². The third-order valence-corrected chi connectivity index (χ3v) is 5.80. The Labute approximate surface area is 183 Å². The highest BCUT2D eigenvalue weighted by Gasteiger charge is 2.10. The van der Waals surface area contributed by atoms with Crippen molar-refractivity contribution in [2.24, 2.45) is 0 Å². The zero-order valence-corrected chi connectivity index (χ0v) is 17.3. The van der Waals surface area contributed by atoms with Crippen molar-refractivity contribution in [3.05, 3.63) is 103 Å². The number of carbonyl (C=O) groups is 1. The number of hydrogen-bond acceptors (Lipinski definition) is 5. The summed E-state index contributed by atoms with van der Waals surface area (Å²) in [5.74, 6) is -0.0937. The number of nitrogens with zero attached hydrogens (tertiary/aromatic N) is 3. The van der Waals surface area contributed by atoms with Crippen molar-refractivity contribution in [2.45, 2.75) is 6.54 Å². The molecule has 2 aromatic heterocycles. The van der Waals surface area contributed by atoms with E-state index in [4.69, 9.17) is 0 Å². The molecule has 2 heterocycles. The summed E-state index contributed by atoms with van der Waals surface area (Å²) in [5.41, 5.74) is 4.55. The number of nitrogens with one attached hydrogen (secondary N) is 2. The minimum Gasteiger partial charge on any atom is -0.348 e. The number of carbonyl (C=O) groups excluding carboxylic acids is 1. The highest BCUT2D eigenvalue weighted by Crippen LogP contribution is 2.29. The Morgan fingerprint density at radius 3 is 2.61 bits per heavy atom. The number of benzene rings is 3. The third kappa shape index (κ3) is 4.31. The maximum absolute atomic E-state index is 12.5. The first-order valence-corrected chi connectivity index (χ1v) is 10.6. The fourth-order valence-corrected chi connectivity index (χ4v) is 4.18. The molecule has 0 unspecified atom stereocenters. The van der Waals surface area contributed by atoms with Crippen LogP contribution >= 0.6 is 11.3 Å². The van der Waals surface area contributed by atoms with Crippen molar-refractivity contribution in [1.82, 2.24) is 19.9 Å². The van der Waals surface area contributed by atoms with E-state index in [1.807, 2.05) is 83.6 Å². The van der Waals surface area contributed by atoms with Crippen LogP contribution in [0.3, 0.4) is 0 Å². The second-order valence-electron chi connectivity index (χ2n) is 7.01. The lowest BCUT2D eigenvalue weighted by Gasteiger charge is -2.05. The fraction of sp³-hybridized carbons (Fsp3) is 0.0417. The number of rotatable bonds is 6. The first kappa shape index (κ1) is 19.0. The van der Waals surface area contributed by atoms with Crippen molar-refractivity contribution in [3.8, 4) is 5.69 Å². The number of fused-ring (bicyclic) bond motifs is 1. The third-order valence-electron chi connectivity index (χ3n) is 4.87. The Bertz CT molecular complexity index is 1310. The van der Waals surface area contributed by atoms with Gasteiger partial charge < -0.3 is 15.2 Å². The largest absolute Gasteiger partial charge is 0.348 e. The number of aromatic nitrogens is 3. The van der Waals surface area contributed by atoms with E-state index >= 15 is 0 Å². The van der Waals surface area contributed by atoms with Gasteiger partial charge >= 0.3 is 0 Å². The number of thiazole rings is 1. The summed E-state index contributed by atoms with van der Waals surface area (Å²) in [5, 5.41) is 7.09. The number of anilines is 2. The minimum atomic E-state index is -0.0937. The SMILES string of the molecule is O=C(NCc1ccccc1)c1ccc2nc(Nc3ccc(-n4ccnc4)cc3)sc2c1. The molecule has 7 heteroatoms. The summed E-state index contributed by atoms with van der Waals surface area (Å²) in [6.07, 6.45) is 5.43. The van der Waals surface area contributed by atoms with Crippen molar-refractivity contribution in [2.75, 3.05) is 5.32 Å². The van der Waals surface area contributed by atoms with E-state index in [2.05, 4.69) is 20.6 Å². The van der Waals surface area contributed by atoms with Gasteiger partial charge in [-0.3, -0.25) is 4.79 Å². The average molecular weight is 426 g/mol. The van der Waals surface area contributed by atoms with E-state index in [0.717, 1.165) is 32.3 Å². The van der Waals surface area contributed by atoms with Gasteiger partial charge in [0.1, 0.15) is 0 Å². The average Bonchev–Trinajstić information content (AvgIpc) is 3.48. The van der Waals surface area contributed by atoms with Crippen LogP contribution < -0.4 is 10.6 Å². The van der Waals surface area contributed by atoms with Crippen molar-refractivity contribution < 1.29 is 4.79 Å². The monoisotopic (exact) mass is 425 g/mol. The number of amides is 1. The van der Waals surface area contributed by atoms with E-state index in [1.165, 1.54) is 11.3 Å². The van der Waals surface area contributed by atoms with E-state index in [-0.39, 0.29) is 5.91 Å². The van der Waals surface area contributed by atoms with E-state index in [9.17, 15) is 4.79 Å². The lowest BCUT2D eigenvalue weighted by atomic mass is 10.2. The summed E-state index contributed by atoms with van der Waals surface area (Å²) in [6, 6.07) is 23.5. The quantitative estimate of drug-likeness (QED) is 0.394. The van der Waals surface area contributed by atoms with Gasteiger partial charge in [-0.15, -0.1) is 0 Å². The zero-order chi connectivity index (χ0) is 21.0. The lowest BCUT2D eigenvalue weighted by Crippen LogP contribution is -2.22. The molecule has 3 aromatic carbocycles. The molecular weight excluding hydrogens is 406 g/mol. The predicted molar refractivity (Wildman–Crippen MR) is 124 cm³/mol. The van der Waals surface area contributed by atoms with Gasteiger partial charge in [0.25, 0.3) is 5.91 Å². The van der Waals surface area contributed by atoms with Gasteiger partial charge in [-0.2, -0.15) is 0 Å². The molecule has 5 aromatic rings. The molecule has 5 rings (SSSR count). The molecule has 0 saturated carbocycles. The maximum atomic E-state index is 12.5. The second-order valence-corrected chi connectivity index (χ2v) is 8.04. The minimum absolute atomic E-state index is 0.0937. The number of hydrogen-bond donors (Lipinski definition) is 2. The van der Waals surface area contributed by atoms with Gasteiger partial charge in [0.05, 0.1) is 16.5 Å². The van der Waals surface area contributed by atoms with Crippen LogP contribution in [0.5, 0.6) is 0 Å². The first-order valence-electron chi connectivity index (χ1n) is 9.83. The van der Waals surface area contributed by atoms with Crippen molar-refractivity contribution in [3.63, 3.8) is 0 Å². The molecule has 0 radical (unpaired) electrons. The van der Waals surface area contributed by atoms with Gasteiger partial charge in [0.2, 0.25) is 0 Å². The van der Waals surface area contributed by atoms with Crippen molar-refractivity contribution in [1.29, 1.82) is 0 Å². The highest BCUT2D eigenvalue weighted by atomic mass is 32.1. The summed E-state index contributed by atoms with van der Waals surface area (Å²) in [6.45, 7) is 0.502. The molecule has 0 saturated heterocycles. The van der Waals surface area contributed by atoms with Crippen LogP contribution in [0.4, 0.5) is 10.8 Å². The summed E-state index contributed by atoms with van der Waals surface area (Å²) < 4.78 is 2.91. The van der Waals surface area contributed by atoms with Crippen LogP contribution in [0.2, 0.25) is 0 Å². The van der Waals surface area contributed by atoms with Crippen LogP contribution in [0.1, 0.15) is 15.9 Å². The Kier molecular flexibility index (Phi) is 5.16. The van der Waals surface area contributed by atoms with Crippen LogP contribution in [0.25, 0.3) is 15.9 Å². The molecule has 0 spiro atoms. The Morgan fingerprint density at radius 1 is 1.00 bits per heavy atom. The van der Waals surface area contributed by atoms with Crippen LogP contribution in [-0.4, -0.2) is 20.4 Å². The highest BCUT2D eigenvalue weighted by molar-refractivity contribution is 7.22. The molecule has 0 aliphatic rings. The van der Waals surface area contributed by atoms with Crippen LogP contribution in [0, 0.1) is 0 Å². The topological polar surface area (TPSA) is 71.8 Å². The van der Waals surface area contributed by atoms with Gasteiger partial charge in [-0.1, -0.05) is 41.7 Å². The standard InChI is InChI=1S/C24H19N5OS/c30-23(26-15-17-4-2-1-3-5-17)18-6-11-21-22(14-18)31-24(28-21)27-19-7-9-20(10-8-19)29-13-12-25-16-29/h1-14,16H,15H2,(H,26,30)(H,27,28). The Morgan fingerprint density at radius 2 is 1.84 bits per heavy atom. The predicted octanol–water partition coefficient (Wildman–Crippen LogP) is 5.16. The van der Waals surface area contributed by atoms with E-state index in [0.29, 0.717) is 12.1 Å². The molecule has 0 bridgehead atoms. The molecule has 152 valence electrons. The molecule has 0 atom stereocenters. The van der Waals surface area contributed by atoms with Crippen LogP contribution in [-0.2, 0) is 6.54 Å². The van der Waals surface area contributed by atoms with Crippen molar-refractivity contribution >= 4 is 38.3 Å². The molecule has 2 N–H and O–H groups in total. The summed E-state index contributed by atoms with van der Waals surface area (Å²) in [7, 11) is 0. The zero-order valence-electron chi connectivity index (χ0n) is 16.5. The molecule has 1 amide bonds. The molecule has 0 fully saturated rings. The fourth-order valence-electron chi connectivity index (χ4n) is 3.25. The van der Waals surface area contributed by atoms with Gasteiger partial charge in [-0.05, 0) is 48.0 Å². The molecule has 6 nitrogen and oxygen atoms in total. The van der Waals surface area contributed by atoms with Gasteiger partial charge in [0.15, 0.2) is 5.13 Å². The van der Waals surface area contributed by atoms with E-state index < -0.39 is 0 Å². The first-order chi connectivity index (χ1) is 15.2. The molecular formula is C24H19N5OS. The molecule has 0 aliphatic heterocycles. The maximum Gasteiger partial charge on any atom is 0.251 e. The van der Waals surface area contributed by atoms with Gasteiger partial charge in [0, 0.05) is 35.9 Å². The smallest absolute Gasteiger partial charge is 0.251 e. The number of imidazole rings is 1. The molecule has 31 heavy (non-hydrogen) atoms. The second kappa shape index (κ2) is 8.41. The summed E-state index contributed by atoms with van der Waals surface area (Å²) in [4.78, 5) is 21.2. The molecule has 0 aliphatic carbocycles. The van der Waals surface area contributed by atoms with Gasteiger partial charge in [-0.25, -0.2) is 9.97 Å². The summed E-state index contributed by atoms with van der Waals surface area (Å²) >= 11 is 1.52.